The first kappa shape index (κ1) is 15.0. The molecular formula is C19H17NO3. The highest BCUT2D eigenvalue weighted by molar-refractivity contribution is 6.00. The normalized spacial score (nSPS) is 12.0. The van der Waals surface area contributed by atoms with Crippen LogP contribution in [0.25, 0.3) is 10.9 Å². The Kier molecular flexibility index (Phi) is 4.24. The van der Waals surface area contributed by atoms with Gasteiger partial charge in [-0.05, 0) is 18.6 Å². The first-order chi connectivity index (χ1) is 11.1. The molecule has 0 bridgehead atoms. The Labute approximate surface area is 134 Å². The van der Waals surface area contributed by atoms with E-state index in [1.54, 1.807) is 37.4 Å². The maximum absolute atomic E-state index is 12.2. The number of hydrogen-bond donors (Lipinski definition) is 1. The Hall–Kier alpha value is -2.88. The number of hydrogen-bond acceptors (Lipinski definition) is 3. The zero-order valence-electron chi connectivity index (χ0n) is 12.8. The predicted octanol–water partition coefficient (Wildman–Crippen LogP) is 3.53. The number of benzene rings is 2. The van der Waals surface area contributed by atoms with Crippen LogP contribution in [0.4, 0.5) is 0 Å². The van der Waals surface area contributed by atoms with Crippen molar-refractivity contribution < 1.29 is 14.3 Å². The van der Waals surface area contributed by atoms with Gasteiger partial charge in [-0.25, -0.2) is 0 Å². The van der Waals surface area contributed by atoms with Gasteiger partial charge in [-0.2, -0.15) is 0 Å². The second-order valence-corrected chi connectivity index (χ2v) is 5.40. The lowest BCUT2D eigenvalue weighted by Gasteiger charge is -2.12. The summed E-state index contributed by atoms with van der Waals surface area (Å²) in [6, 6.07) is 16.6. The largest absolute Gasteiger partial charge is 0.454 e. The van der Waals surface area contributed by atoms with E-state index < -0.39 is 12.1 Å². The van der Waals surface area contributed by atoms with E-state index in [2.05, 4.69) is 4.98 Å². The highest BCUT2D eigenvalue weighted by Gasteiger charge is 2.20. The number of Topliss-reactive ketones (excluding diaryl/α,β-unsaturated/α-hetero) is 1. The first-order valence-corrected chi connectivity index (χ1v) is 7.49. The number of nitrogens with one attached hydrogen (secondary N) is 1. The van der Waals surface area contributed by atoms with Crippen LogP contribution < -0.4 is 0 Å². The highest BCUT2D eigenvalue weighted by atomic mass is 16.5. The van der Waals surface area contributed by atoms with Crippen molar-refractivity contribution in [1.29, 1.82) is 0 Å². The van der Waals surface area contributed by atoms with Gasteiger partial charge in [0.1, 0.15) is 0 Å². The summed E-state index contributed by atoms with van der Waals surface area (Å²) in [5.41, 5.74) is 2.38. The number of aromatic amines is 1. The number of carbonyl (C=O) groups is 2. The zero-order valence-corrected chi connectivity index (χ0v) is 12.8. The molecule has 1 atom stereocenters. The Balaban J connectivity index is 1.66. The van der Waals surface area contributed by atoms with Crippen molar-refractivity contribution in [3.05, 3.63) is 71.9 Å². The van der Waals surface area contributed by atoms with Crippen LogP contribution in [0, 0.1) is 0 Å². The van der Waals surface area contributed by atoms with Crippen LogP contribution in [0.2, 0.25) is 0 Å². The fraction of sp³-hybridized carbons (Fsp3) is 0.158. The lowest BCUT2D eigenvalue weighted by Crippen LogP contribution is -2.25. The minimum absolute atomic E-state index is 0.135. The molecule has 0 amide bonds. The van der Waals surface area contributed by atoms with Crippen molar-refractivity contribution in [2.75, 3.05) is 0 Å². The van der Waals surface area contributed by atoms with Gasteiger partial charge >= 0.3 is 5.97 Å². The predicted molar refractivity (Wildman–Crippen MR) is 88.3 cm³/mol. The van der Waals surface area contributed by atoms with E-state index in [1.807, 2.05) is 30.3 Å². The number of fused-ring (bicyclic) bond motifs is 1. The standard InChI is InChI=1S/C19H17NO3/c1-13(19(22)14-7-3-2-4-8-14)23-18(21)11-15-12-20-17-10-6-5-9-16(15)17/h2-10,12-13,20H,11H2,1H3/t13-/m1/s1. The van der Waals surface area contributed by atoms with Gasteiger partial charge in [-0.1, -0.05) is 48.5 Å². The van der Waals surface area contributed by atoms with E-state index in [-0.39, 0.29) is 12.2 Å². The Morgan fingerprint density at radius 3 is 2.52 bits per heavy atom. The van der Waals surface area contributed by atoms with E-state index in [1.165, 1.54) is 0 Å². The Morgan fingerprint density at radius 2 is 1.74 bits per heavy atom. The SMILES string of the molecule is C[C@@H](OC(=O)Cc1c[nH]c2ccccc12)C(=O)c1ccccc1. The molecule has 0 saturated heterocycles. The van der Waals surface area contributed by atoms with Crippen LogP contribution in [-0.4, -0.2) is 22.8 Å². The van der Waals surface area contributed by atoms with Crippen molar-refractivity contribution in [1.82, 2.24) is 4.98 Å². The number of H-pyrrole nitrogens is 1. The van der Waals surface area contributed by atoms with Gasteiger partial charge in [-0.3, -0.25) is 9.59 Å². The van der Waals surface area contributed by atoms with Gasteiger partial charge < -0.3 is 9.72 Å². The molecule has 0 aliphatic rings. The van der Waals surface area contributed by atoms with Gasteiger partial charge in [0, 0.05) is 22.7 Å². The molecule has 1 heterocycles. The molecule has 116 valence electrons. The molecule has 2 aromatic carbocycles. The highest BCUT2D eigenvalue weighted by Crippen LogP contribution is 2.18. The van der Waals surface area contributed by atoms with E-state index in [9.17, 15) is 9.59 Å². The van der Waals surface area contributed by atoms with E-state index >= 15 is 0 Å². The molecule has 0 unspecified atom stereocenters. The Morgan fingerprint density at radius 1 is 1.04 bits per heavy atom. The maximum Gasteiger partial charge on any atom is 0.311 e. The fourth-order valence-corrected chi connectivity index (χ4v) is 2.56. The molecule has 1 N–H and O–H groups in total. The molecule has 0 aliphatic heterocycles. The number of ketones is 1. The van der Waals surface area contributed by atoms with Crippen LogP contribution in [-0.2, 0) is 16.0 Å². The number of rotatable bonds is 5. The second-order valence-electron chi connectivity index (χ2n) is 5.40. The summed E-state index contributed by atoms with van der Waals surface area (Å²) in [7, 11) is 0. The second kappa shape index (κ2) is 6.48. The quantitative estimate of drug-likeness (QED) is 0.579. The zero-order chi connectivity index (χ0) is 16.2. The smallest absolute Gasteiger partial charge is 0.311 e. The molecule has 3 rings (SSSR count). The van der Waals surface area contributed by atoms with Crippen LogP contribution in [0.15, 0.2) is 60.8 Å². The number of aromatic nitrogens is 1. The summed E-state index contributed by atoms with van der Waals surface area (Å²) in [4.78, 5) is 27.4. The summed E-state index contributed by atoms with van der Waals surface area (Å²) < 4.78 is 5.29. The van der Waals surface area contributed by atoms with Crippen molar-refractivity contribution in [2.45, 2.75) is 19.4 Å². The lowest BCUT2D eigenvalue weighted by atomic mass is 10.1. The minimum Gasteiger partial charge on any atom is -0.454 e. The van der Waals surface area contributed by atoms with Gasteiger partial charge in [-0.15, -0.1) is 0 Å². The van der Waals surface area contributed by atoms with Crippen molar-refractivity contribution in [3.63, 3.8) is 0 Å². The molecule has 3 aromatic rings. The third-order valence-corrected chi connectivity index (χ3v) is 3.75. The summed E-state index contributed by atoms with van der Waals surface area (Å²) in [5, 5.41) is 0.992. The van der Waals surface area contributed by atoms with E-state index in [4.69, 9.17) is 4.74 Å². The van der Waals surface area contributed by atoms with Crippen molar-refractivity contribution in [3.8, 4) is 0 Å². The summed E-state index contributed by atoms with van der Waals surface area (Å²) in [6.45, 7) is 1.60. The maximum atomic E-state index is 12.2. The molecule has 0 fully saturated rings. The monoisotopic (exact) mass is 307 g/mol. The number of ether oxygens (including phenoxy) is 1. The molecule has 0 radical (unpaired) electrons. The van der Waals surface area contributed by atoms with Crippen LogP contribution >= 0.6 is 0 Å². The summed E-state index contributed by atoms with van der Waals surface area (Å²) >= 11 is 0. The van der Waals surface area contributed by atoms with Gasteiger partial charge in [0.05, 0.1) is 6.42 Å². The van der Waals surface area contributed by atoms with Gasteiger partial charge in [0.25, 0.3) is 0 Å². The molecule has 1 aromatic heterocycles. The minimum atomic E-state index is -0.796. The van der Waals surface area contributed by atoms with Crippen molar-refractivity contribution >= 4 is 22.7 Å². The molecule has 0 aliphatic carbocycles. The number of esters is 1. The fourth-order valence-electron chi connectivity index (χ4n) is 2.56. The van der Waals surface area contributed by atoms with Crippen LogP contribution in [0.5, 0.6) is 0 Å². The third-order valence-electron chi connectivity index (χ3n) is 3.75. The molecule has 0 spiro atoms. The summed E-state index contributed by atoms with van der Waals surface area (Å²) in [6.07, 6.45) is 1.14. The Bertz CT molecular complexity index is 836. The first-order valence-electron chi connectivity index (χ1n) is 7.49. The molecule has 4 heteroatoms. The molecular weight excluding hydrogens is 290 g/mol. The molecule has 0 saturated carbocycles. The van der Waals surface area contributed by atoms with E-state index in [0.29, 0.717) is 5.56 Å². The third kappa shape index (κ3) is 3.31. The van der Waals surface area contributed by atoms with Crippen LogP contribution in [0.1, 0.15) is 22.8 Å². The summed E-state index contributed by atoms with van der Waals surface area (Å²) in [5.74, 6) is -0.607. The van der Waals surface area contributed by atoms with Gasteiger partial charge in [0.2, 0.25) is 5.78 Å². The molecule has 4 nitrogen and oxygen atoms in total. The van der Waals surface area contributed by atoms with E-state index in [0.717, 1.165) is 16.5 Å². The average Bonchev–Trinajstić information content (AvgIpc) is 2.98. The average molecular weight is 307 g/mol. The lowest BCUT2D eigenvalue weighted by molar-refractivity contribution is -0.145. The molecule has 23 heavy (non-hydrogen) atoms. The number of carbonyl (C=O) groups excluding carboxylic acids is 2. The van der Waals surface area contributed by atoms with Crippen LogP contribution in [0.3, 0.4) is 0 Å². The van der Waals surface area contributed by atoms with Crippen molar-refractivity contribution in [2.24, 2.45) is 0 Å². The van der Waals surface area contributed by atoms with Gasteiger partial charge in [0.15, 0.2) is 6.10 Å². The number of para-hydroxylation sites is 1. The topological polar surface area (TPSA) is 59.2 Å².